The Morgan fingerprint density at radius 1 is 1.20 bits per heavy atom. The summed E-state index contributed by atoms with van der Waals surface area (Å²) in [4.78, 5) is 39.3. The number of nitrogens with two attached hydrogens (primary N) is 1. The molecule has 9 nitrogen and oxygen atoms in total. The fourth-order valence-electron chi connectivity index (χ4n) is 3.01. The summed E-state index contributed by atoms with van der Waals surface area (Å²) >= 11 is 1.04. The first-order valence-electron chi connectivity index (χ1n) is 9.06. The molecule has 1 fully saturated rings. The second-order valence-electron chi connectivity index (χ2n) is 6.79. The summed E-state index contributed by atoms with van der Waals surface area (Å²) in [7, 11) is 0. The molecule has 1 saturated heterocycles. The molecule has 4 N–H and O–H groups in total. The molecule has 1 aromatic carbocycles. The summed E-state index contributed by atoms with van der Waals surface area (Å²) in [5.41, 5.74) is 6.24. The first-order chi connectivity index (χ1) is 14.4. The number of rotatable bonds is 5. The third-order valence-corrected chi connectivity index (χ3v) is 5.43. The lowest BCUT2D eigenvalue weighted by Gasteiger charge is -2.39. The van der Waals surface area contributed by atoms with E-state index in [9.17, 15) is 14.0 Å². The monoisotopic (exact) mass is 427 g/mol. The van der Waals surface area contributed by atoms with E-state index in [-0.39, 0.29) is 16.7 Å². The summed E-state index contributed by atoms with van der Waals surface area (Å²) in [6, 6.07) is 4.12. The molecule has 30 heavy (non-hydrogen) atoms. The number of aromatic nitrogens is 3. The standard InChI is InChI=1S/C19H18FN7O2S/c1-10-5-13(20)12(6-14(10)26-17(29)15-7-24-18(21)30-15)16(28)25-11-8-27(9-11)19-22-3-2-4-23-19/h2-7,11H,8-9H2,1H3,(H2,21,24)(H,25,28)(H,26,29). The average molecular weight is 427 g/mol. The van der Waals surface area contributed by atoms with E-state index < -0.39 is 17.6 Å². The van der Waals surface area contributed by atoms with Gasteiger partial charge in [-0.25, -0.2) is 19.3 Å². The van der Waals surface area contributed by atoms with Crippen molar-refractivity contribution < 1.29 is 14.0 Å². The lowest BCUT2D eigenvalue weighted by atomic mass is 10.1. The number of benzene rings is 1. The number of thiazole rings is 1. The number of hydrogen-bond acceptors (Lipinski definition) is 8. The summed E-state index contributed by atoms with van der Waals surface area (Å²) in [5, 5.41) is 5.74. The first kappa shape index (κ1) is 19.7. The van der Waals surface area contributed by atoms with E-state index >= 15 is 0 Å². The van der Waals surface area contributed by atoms with Gasteiger partial charge in [0.1, 0.15) is 10.7 Å². The molecule has 3 heterocycles. The van der Waals surface area contributed by atoms with Crippen LogP contribution in [0.3, 0.4) is 0 Å². The highest BCUT2D eigenvalue weighted by Gasteiger charge is 2.30. The molecule has 0 aliphatic carbocycles. The van der Waals surface area contributed by atoms with Crippen LogP contribution in [0, 0.1) is 12.7 Å². The lowest BCUT2D eigenvalue weighted by Crippen LogP contribution is -2.60. The van der Waals surface area contributed by atoms with Crippen molar-refractivity contribution in [2.75, 3.05) is 29.0 Å². The predicted octanol–water partition coefficient (Wildman–Crippen LogP) is 1.83. The minimum Gasteiger partial charge on any atom is -0.375 e. The van der Waals surface area contributed by atoms with Crippen LogP contribution in [0.4, 0.5) is 21.2 Å². The van der Waals surface area contributed by atoms with Crippen LogP contribution in [0.25, 0.3) is 0 Å². The van der Waals surface area contributed by atoms with Crippen molar-refractivity contribution in [3.05, 3.63) is 58.6 Å². The number of nitrogens with zero attached hydrogens (tertiary/aromatic N) is 4. The molecule has 3 aromatic rings. The number of amides is 2. The van der Waals surface area contributed by atoms with E-state index in [0.717, 1.165) is 11.3 Å². The quantitative estimate of drug-likeness (QED) is 0.567. The van der Waals surface area contributed by atoms with E-state index in [0.29, 0.717) is 35.2 Å². The third kappa shape index (κ3) is 4.06. The maximum atomic E-state index is 14.4. The minimum atomic E-state index is -0.660. The van der Waals surface area contributed by atoms with Crippen LogP contribution in [0.5, 0.6) is 0 Å². The number of anilines is 3. The number of carbonyl (C=O) groups excluding carboxylic acids is 2. The molecule has 11 heteroatoms. The summed E-state index contributed by atoms with van der Waals surface area (Å²) in [5.74, 6) is -1.06. The summed E-state index contributed by atoms with van der Waals surface area (Å²) in [6.07, 6.45) is 4.65. The van der Waals surface area contributed by atoms with Gasteiger partial charge < -0.3 is 21.3 Å². The van der Waals surface area contributed by atoms with Crippen molar-refractivity contribution >= 4 is 39.9 Å². The van der Waals surface area contributed by atoms with Crippen LogP contribution in [-0.4, -0.2) is 45.9 Å². The topological polar surface area (TPSA) is 126 Å². The van der Waals surface area contributed by atoms with Crippen molar-refractivity contribution in [2.24, 2.45) is 0 Å². The minimum absolute atomic E-state index is 0.144. The molecular formula is C19H18FN7O2S. The summed E-state index contributed by atoms with van der Waals surface area (Å²) < 4.78 is 14.4. The van der Waals surface area contributed by atoms with E-state index in [4.69, 9.17) is 5.73 Å². The van der Waals surface area contributed by atoms with Gasteiger partial charge in [0.2, 0.25) is 5.95 Å². The van der Waals surface area contributed by atoms with Gasteiger partial charge in [-0.05, 0) is 30.7 Å². The number of carbonyl (C=O) groups is 2. The van der Waals surface area contributed by atoms with E-state index in [2.05, 4.69) is 25.6 Å². The highest BCUT2D eigenvalue weighted by Crippen LogP contribution is 2.23. The Morgan fingerprint density at radius 3 is 2.60 bits per heavy atom. The molecule has 0 bridgehead atoms. The zero-order chi connectivity index (χ0) is 21.3. The molecule has 4 rings (SSSR count). The molecule has 154 valence electrons. The van der Waals surface area contributed by atoms with Gasteiger partial charge in [0.15, 0.2) is 5.13 Å². The lowest BCUT2D eigenvalue weighted by molar-refractivity contribution is 0.0924. The van der Waals surface area contributed by atoms with Crippen molar-refractivity contribution in [3.63, 3.8) is 0 Å². The molecule has 0 atom stereocenters. The van der Waals surface area contributed by atoms with Crippen molar-refractivity contribution in [1.82, 2.24) is 20.3 Å². The molecule has 2 amide bonds. The molecule has 2 aromatic heterocycles. The van der Waals surface area contributed by atoms with Gasteiger partial charge in [0, 0.05) is 31.2 Å². The SMILES string of the molecule is Cc1cc(F)c(C(=O)NC2CN(c3ncccn3)C2)cc1NC(=O)c1cnc(N)s1. The largest absolute Gasteiger partial charge is 0.375 e. The van der Waals surface area contributed by atoms with E-state index in [1.807, 2.05) is 4.90 Å². The van der Waals surface area contributed by atoms with Crippen LogP contribution >= 0.6 is 11.3 Å². The van der Waals surface area contributed by atoms with Crippen molar-refractivity contribution in [3.8, 4) is 0 Å². The van der Waals surface area contributed by atoms with Crippen molar-refractivity contribution in [1.29, 1.82) is 0 Å². The van der Waals surface area contributed by atoms with Crippen molar-refractivity contribution in [2.45, 2.75) is 13.0 Å². The fourth-order valence-corrected chi connectivity index (χ4v) is 3.59. The Bertz CT molecular complexity index is 1100. The Kier molecular flexibility index (Phi) is 5.27. The second kappa shape index (κ2) is 8.03. The van der Waals surface area contributed by atoms with Gasteiger partial charge in [-0.3, -0.25) is 9.59 Å². The van der Waals surface area contributed by atoms with Gasteiger partial charge in [0.05, 0.1) is 17.8 Å². The van der Waals surface area contributed by atoms with Crippen LogP contribution < -0.4 is 21.3 Å². The van der Waals surface area contributed by atoms with Gasteiger partial charge in [-0.2, -0.15) is 0 Å². The van der Waals surface area contributed by atoms with Gasteiger partial charge in [-0.15, -0.1) is 0 Å². The maximum Gasteiger partial charge on any atom is 0.267 e. The average Bonchev–Trinajstić information content (AvgIpc) is 3.13. The molecular weight excluding hydrogens is 409 g/mol. The zero-order valence-corrected chi connectivity index (χ0v) is 16.7. The highest BCUT2D eigenvalue weighted by molar-refractivity contribution is 7.17. The van der Waals surface area contributed by atoms with Gasteiger partial charge in [-0.1, -0.05) is 11.3 Å². The Morgan fingerprint density at radius 2 is 1.93 bits per heavy atom. The molecule has 1 aliphatic rings. The Balaban J connectivity index is 1.43. The summed E-state index contributed by atoms with van der Waals surface area (Å²) in [6.45, 7) is 2.70. The first-order valence-corrected chi connectivity index (χ1v) is 9.88. The normalized spacial score (nSPS) is 13.6. The van der Waals surface area contributed by atoms with Crippen LogP contribution in [0.1, 0.15) is 25.6 Å². The van der Waals surface area contributed by atoms with E-state index in [1.54, 1.807) is 25.4 Å². The van der Waals surface area contributed by atoms with Crippen LogP contribution in [-0.2, 0) is 0 Å². The number of nitrogens with one attached hydrogen (secondary N) is 2. The molecule has 0 radical (unpaired) electrons. The van der Waals surface area contributed by atoms with Crippen LogP contribution in [0.15, 0.2) is 36.8 Å². The fraction of sp³-hybridized carbons (Fsp3) is 0.211. The maximum absolute atomic E-state index is 14.4. The number of hydrogen-bond donors (Lipinski definition) is 3. The molecule has 1 aliphatic heterocycles. The Labute approximate surface area is 175 Å². The Hall–Kier alpha value is -3.60. The zero-order valence-electron chi connectivity index (χ0n) is 15.9. The number of nitrogen functional groups attached to an aromatic ring is 1. The molecule has 0 saturated carbocycles. The number of aryl methyl sites for hydroxylation is 1. The van der Waals surface area contributed by atoms with Crippen LogP contribution in [0.2, 0.25) is 0 Å². The number of halogens is 1. The highest BCUT2D eigenvalue weighted by atomic mass is 32.1. The third-order valence-electron chi connectivity index (χ3n) is 4.61. The van der Waals surface area contributed by atoms with E-state index in [1.165, 1.54) is 18.3 Å². The molecule has 0 spiro atoms. The van der Waals surface area contributed by atoms with Gasteiger partial charge >= 0.3 is 0 Å². The molecule has 0 unspecified atom stereocenters. The smallest absolute Gasteiger partial charge is 0.267 e. The van der Waals surface area contributed by atoms with Gasteiger partial charge in [0.25, 0.3) is 11.8 Å². The predicted molar refractivity (Wildman–Crippen MR) is 111 cm³/mol. The second-order valence-corrected chi connectivity index (χ2v) is 7.85.